The van der Waals surface area contributed by atoms with Gasteiger partial charge in [0.2, 0.25) is 0 Å². The maximum absolute atomic E-state index is 12.8. The molecule has 0 aromatic heterocycles. The zero-order valence-electron chi connectivity index (χ0n) is 26.6. The van der Waals surface area contributed by atoms with Gasteiger partial charge in [-0.3, -0.25) is 4.79 Å². The van der Waals surface area contributed by atoms with Crippen molar-refractivity contribution in [1.29, 1.82) is 0 Å². The van der Waals surface area contributed by atoms with Gasteiger partial charge in [-0.1, -0.05) is 18.7 Å². The van der Waals surface area contributed by atoms with Crippen LogP contribution < -0.4 is 0 Å². The second kappa shape index (κ2) is 12.8. The number of aliphatic hydroxyl groups is 2. The highest BCUT2D eigenvalue weighted by molar-refractivity contribution is 5.79. The van der Waals surface area contributed by atoms with Crippen molar-refractivity contribution < 1.29 is 38.7 Å². The molecule has 0 radical (unpaired) electrons. The van der Waals surface area contributed by atoms with Gasteiger partial charge < -0.3 is 33.9 Å². The van der Waals surface area contributed by atoms with Crippen LogP contribution in [0.2, 0.25) is 0 Å². The van der Waals surface area contributed by atoms with Crippen molar-refractivity contribution in [1.82, 2.24) is 0 Å². The van der Waals surface area contributed by atoms with Crippen LogP contribution in [0.4, 0.5) is 0 Å². The first kappa shape index (κ1) is 31.5. The minimum Gasteiger partial charge on any atom is -0.390 e. The highest BCUT2D eigenvalue weighted by atomic mass is 16.6. The minimum absolute atomic E-state index is 0.0121. The lowest BCUT2D eigenvalue weighted by Crippen LogP contribution is -2.65. The summed E-state index contributed by atoms with van der Waals surface area (Å²) in [5, 5.41) is 22.7. The SMILES string of the molecule is C=C1CC[C@H](CC[C@@H]2OC(CCC3(O)CC3C3CC4C3OC3CCC(CC(=O)CC5CCO[C@H]5C)O[C@@H]3C4O)CC2=C)OC1. The van der Waals surface area contributed by atoms with E-state index in [1.807, 2.05) is 0 Å². The Bertz CT molecular complexity index is 1080. The van der Waals surface area contributed by atoms with Gasteiger partial charge in [-0.15, -0.1) is 0 Å². The number of Topliss-reactive ketones (excluding diaryl/α,β-unsaturated/α-hetero) is 1. The summed E-state index contributed by atoms with van der Waals surface area (Å²) in [5.74, 6) is 1.11. The van der Waals surface area contributed by atoms with Crippen LogP contribution in [0.25, 0.3) is 0 Å². The molecule has 5 saturated heterocycles. The van der Waals surface area contributed by atoms with E-state index in [-0.39, 0.29) is 66.3 Å². The van der Waals surface area contributed by atoms with E-state index in [0.29, 0.717) is 31.5 Å². The number of hydrogen-bond donors (Lipinski definition) is 2. The molecule has 5 heterocycles. The van der Waals surface area contributed by atoms with Gasteiger partial charge in [-0.25, -0.2) is 0 Å². The Morgan fingerprint density at radius 2 is 1.80 bits per heavy atom. The fourth-order valence-corrected chi connectivity index (χ4v) is 9.37. The summed E-state index contributed by atoms with van der Waals surface area (Å²) in [4.78, 5) is 12.8. The van der Waals surface area contributed by atoms with Crippen LogP contribution in [0, 0.1) is 23.7 Å². The van der Waals surface area contributed by atoms with Gasteiger partial charge in [0, 0.05) is 25.4 Å². The molecule has 0 aromatic rings. The molecule has 0 amide bonds. The first-order chi connectivity index (χ1) is 21.2. The van der Waals surface area contributed by atoms with Crippen LogP contribution in [0.15, 0.2) is 24.3 Å². The molecule has 8 heteroatoms. The van der Waals surface area contributed by atoms with Crippen molar-refractivity contribution in [2.45, 2.75) is 157 Å². The Balaban J connectivity index is 0.836. The van der Waals surface area contributed by atoms with Crippen LogP contribution in [-0.2, 0) is 28.5 Å². The molecule has 2 N–H and O–H groups in total. The fourth-order valence-electron chi connectivity index (χ4n) is 9.37. The topological polar surface area (TPSA) is 104 Å². The number of rotatable bonds is 11. The highest BCUT2D eigenvalue weighted by Crippen LogP contribution is 2.61. The summed E-state index contributed by atoms with van der Waals surface area (Å²) in [6.45, 7) is 11.8. The van der Waals surface area contributed by atoms with E-state index in [1.165, 1.54) is 11.1 Å². The van der Waals surface area contributed by atoms with Gasteiger partial charge in [0.15, 0.2) is 0 Å². The molecule has 44 heavy (non-hydrogen) atoms. The van der Waals surface area contributed by atoms with E-state index < -0.39 is 11.7 Å². The average Bonchev–Trinajstić information content (AvgIpc) is 3.25. The van der Waals surface area contributed by atoms with Crippen LogP contribution in [0.3, 0.4) is 0 Å². The van der Waals surface area contributed by atoms with Gasteiger partial charge in [-0.2, -0.15) is 0 Å². The largest absolute Gasteiger partial charge is 0.390 e. The molecule has 10 unspecified atom stereocenters. The van der Waals surface area contributed by atoms with Crippen molar-refractivity contribution in [2.75, 3.05) is 13.2 Å². The third kappa shape index (κ3) is 6.51. The molecule has 2 saturated carbocycles. The predicted molar refractivity (Wildman–Crippen MR) is 164 cm³/mol. The monoisotopic (exact) mass is 614 g/mol. The van der Waals surface area contributed by atoms with Gasteiger partial charge in [-0.05, 0) is 107 Å². The first-order valence-electron chi connectivity index (χ1n) is 17.6. The number of carbonyl (C=O) groups is 1. The van der Waals surface area contributed by atoms with Crippen LogP contribution in [-0.4, -0.2) is 89.7 Å². The lowest BCUT2D eigenvalue weighted by molar-refractivity contribution is -0.291. The number of fused-ring (bicyclic) bond motifs is 2. The van der Waals surface area contributed by atoms with Crippen LogP contribution in [0.1, 0.15) is 96.8 Å². The summed E-state index contributed by atoms with van der Waals surface area (Å²) in [5.41, 5.74) is 1.71. The lowest BCUT2D eigenvalue weighted by Gasteiger charge is -2.56. The van der Waals surface area contributed by atoms with Crippen molar-refractivity contribution >= 4 is 5.78 Å². The molecule has 7 aliphatic rings. The lowest BCUT2D eigenvalue weighted by atomic mass is 9.63. The quantitative estimate of drug-likeness (QED) is 0.319. The number of ketones is 1. The maximum Gasteiger partial charge on any atom is 0.135 e. The third-order valence-corrected chi connectivity index (χ3v) is 12.4. The van der Waals surface area contributed by atoms with E-state index in [9.17, 15) is 15.0 Å². The van der Waals surface area contributed by atoms with E-state index in [1.54, 1.807) is 0 Å². The Kier molecular flexibility index (Phi) is 9.17. The van der Waals surface area contributed by atoms with Crippen molar-refractivity contribution in [3.8, 4) is 0 Å². The predicted octanol–water partition coefficient (Wildman–Crippen LogP) is 4.83. The molecule has 246 valence electrons. The second-order valence-electron chi connectivity index (χ2n) is 15.4. The molecule has 14 atom stereocenters. The Morgan fingerprint density at radius 3 is 2.57 bits per heavy atom. The van der Waals surface area contributed by atoms with E-state index in [4.69, 9.17) is 23.7 Å². The summed E-state index contributed by atoms with van der Waals surface area (Å²) in [7, 11) is 0. The molecule has 2 aliphatic carbocycles. The third-order valence-electron chi connectivity index (χ3n) is 12.4. The molecule has 0 spiro atoms. The molecule has 0 aromatic carbocycles. The van der Waals surface area contributed by atoms with Crippen molar-refractivity contribution in [3.63, 3.8) is 0 Å². The summed E-state index contributed by atoms with van der Waals surface area (Å²) in [6, 6.07) is 0. The van der Waals surface area contributed by atoms with Gasteiger partial charge in [0.1, 0.15) is 11.9 Å². The number of ether oxygens (including phenoxy) is 5. The van der Waals surface area contributed by atoms with E-state index in [2.05, 4.69) is 20.1 Å². The van der Waals surface area contributed by atoms with Gasteiger partial charge in [0.05, 0.1) is 61.0 Å². The Labute approximate surface area is 262 Å². The van der Waals surface area contributed by atoms with Crippen LogP contribution in [0.5, 0.6) is 0 Å². The number of hydrogen-bond acceptors (Lipinski definition) is 8. The summed E-state index contributed by atoms with van der Waals surface area (Å²) < 4.78 is 30.8. The van der Waals surface area contributed by atoms with Crippen LogP contribution >= 0.6 is 0 Å². The van der Waals surface area contributed by atoms with Crippen molar-refractivity contribution in [3.05, 3.63) is 24.3 Å². The zero-order valence-corrected chi connectivity index (χ0v) is 26.6. The molecule has 7 fully saturated rings. The highest BCUT2D eigenvalue weighted by Gasteiger charge is 2.65. The average molecular weight is 615 g/mol. The number of carbonyl (C=O) groups excluding carboxylic acids is 1. The second-order valence-corrected chi connectivity index (χ2v) is 15.4. The minimum atomic E-state index is -0.654. The molecular formula is C36H54O8. The van der Waals surface area contributed by atoms with Gasteiger partial charge >= 0.3 is 0 Å². The summed E-state index contributed by atoms with van der Waals surface area (Å²) in [6.07, 6.45) is 11.1. The smallest absolute Gasteiger partial charge is 0.135 e. The van der Waals surface area contributed by atoms with Crippen molar-refractivity contribution in [2.24, 2.45) is 23.7 Å². The zero-order chi connectivity index (χ0) is 30.6. The molecular weight excluding hydrogens is 560 g/mol. The first-order valence-corrected chi connectivity index (χ1v) is 17.6. The molecule has 0 bridgehead atoms. The normalized spacial score (nSPS) is 48.5. The number of aliphatic hydroxyl groups excluding tert-OH is 1. The van der Waals surface area contributed by atoms with Gasteiger partial charge in [0.25, 0.3) is 0 Å². The molecule has 7 rings (SSSR count). The standard InChI is InChI=1S/C36H54O8/c1-20-4-5-25(41-19-20)6-8-31-21(2)14-27(42-31)10-12-36(39)18-30(36)28-17-29-33(38)35-32(44-34(28)29)9-7-26(43-35)16-24(37)15-23-11-13-40-22(23)3/h22-23,25-35,38-39H,1-2,4-19H2,3H3/t22-,23?,25+,26?,27?,28?,29?,30?,31-,32?,33?,34?,35-,36?/m0/s1. The van der Waals surface area contributed by atoms with E-state index in [0.717, 1.165) is 83.7 Å². The molecule has 8 nitrogen and oxygen atoms in total. The summed E-state index contributed by atoms with van der Waals surface area (Å²) >= 11 is 0. The Hall–Kier alpha value is -1.13. The molecule has 5 aliphatic heterocycles. The Morgan fingerprint density at radius 1 is 0.932 bits per heavy atom. The van der Waals surface area contributed by atoms with E-state index >= 15 is 0 Å². The maximum atomic E-state index is 12.8. The fraction of sp³-hybridized carbons (Fsp3) is 0.861.